The molecular weight excluding hydrogens is 402 g/mol. The van der Waals surface area contributed by atoms with Crippen molar-refractivity contribution < 1.29 is 18.0 Å². The monoisotopic (exact) mass is 427 g/mol. The number of piperidine rings is 1. The van der Waals surface area contributed by atoms with Crippen molar-refractivity contribution in [1.82, 2.24) is 9.62 Å². The van der Waals surface area contributed by atoms with Gasteiger partial charge in [-0.3, -0.25) is 9.59 Å². The zero-order chi connectivity index (χ0) is 21.6. The Morgan fingerprint density at radius 1 is 1.00 bits per heavy atom. The fourth-order valence-corrected chi connectivity index (χ4v) is 4.57. The summed E-state index contributed by atoms with van der Waals surface area (Å²) in [5.74, 6) is -0.799. The van der Waals surface area contributed by atoms with E-state index in [1.54, 1.807) is 30.3 Å². The van der Waals surface area contributed by atoms with Gasteiger partial charge in [0.25, 0.3) is 5.91 Å². The van der Waals surface area contributed by atoms with Gasteiger partial charge in [0.15, 0.2) is 0 Å². The van der Waals surface area contributed by atoms with E-state index < -0.39 is 10.0 Å². The molecule has 2 aromatic rings. The molecule has 0 aromatic heterocycles. The van der Waals surface area contributed by atoms with Crippen LogP contribution in [0.2, 0.25) is 0 Å². The van der Waals surface area contributed by atoms with Gasteiger partial charge in [-0.2, -0.15) is 4.31 Å². The van der Waals surface area contributed by atoms with Gasteiger partial charge in [0, 0.05) is 31.5 Å². The summed E-state index contributed by atoms with van der Waals surface area (Å²) >= 11 is 0. The Hall–Kier alpha value is -2.97. The van der Waals surface area contributed by atoms with Crippen LogP contribution in [0, 0.1) is 5.92 Å². The van der Waals surface area contributed by atoms with Gasteiger partial charge in [-0.05, 0) is 36.6 Å². The summed E-state index contributed by atoms with van der Waals surface area (Å²) in [6.45, 7) is 0.549. The van der Waals surface area contributed by atoms with Crippen LogP contribution in [0.3, 0.4) is 0 Å². The van der Waals surface area contributed by atoms with Gasteiger partial charge in [-0.15, -0.1) is 0 Å². The normalized spacial score (nSPS) is 15.8. The number of nitrogens with zero attached hydrogens (tertiary/aromatic N) is 1. The van der Waals surface area contributed by atoms with Crippen molar-refractivity contribution in [2.24, 2.45) is 5.92 Å². The fourth-order valence-electron chi connectivity index (χ4n) is 3.35. The summed E-state index contributed by atoms with van der Waals surface area (Å²) < 4.78 is 26.5. The van der Waals surface area contributed by atoms with Crippen molar-refractivity contribution in [2.45, 2.75) is 12.8 Å². The highest BCUT2D eigenvalue weighted by molar-refractivity contribution is 7.92. The molecule has 0 atom stereocenters. The van der Waals surface area contributed by atoms with Crippen LogP contribution in [0.4, 0.5) is 5.69 Å². The first kappa shape index (κ1) is 21.7. The van der Waals surface area contributed by atoms with Crippen molar-refractivity contribution in [3.05, 3.63) is 71.1 Å². The van der Waals surface area contributed by atoms with Gasteiger partial charge in [0.05, 0.1) is 11.3 Å². The molecule has 1 heterocycles. The molecule has 8 heteroatoms. The molecule has 0 unspecified atom stereocenters. The van der Waals surface area contributed by atoms with E-state index in [0.717, 1.165) is 5.56 Å². The van der Waals surface area contributed by atoms with Gasteiger partial charge < -0.3 is 10.6 Å². The first-order valence-corrected chi connectivity index (χ1v) is 11.3. The molecule has 1 aliphatic rings. The van der Waals surface area contributed by atoms with Gasteiger partial charge in [-0.1, -0.05) is 42.5 Å². The molecule has 7 nitrogen and oxygen atoms in total. The zero-order valence-electron chi connectivity index (χ0n) is 16.7. The molecule has 1 saturated heterocycles. The summed E-state index contributed by atoms with van der Waals surface area (Å²) in [7, 11) is -2.01. The Morgan fingerprint density at radius 2 is 1.63 bits per heavy atom. The topological polar surface area (TPSA) is 95.6 Å². The fraction of sp³-hybridized carbons (Fsp3) is 0.273. The molecule has 0 saturated carbocycles. The van der Waals surface area contributed by atoms with Crippen LogP contribution in [0.1, 0.15) is 28.8 Å². The van der Waals surface area contributed by atoms with E-state index in [1.807, 2.05) is 30.3 Å². The lowest BCUT2D eigenvalue weighted by Crippen LogP contribution is -2.40. The standard InChI is InChI=1S/C22H25N3O4S/c1-23-22(27)19-9-5-6-10-20(19)24-21(26)18-11-14-25(15-12-18)30(28,29)16-13-17-7-3-2-4-8-17/h2-10,13,16,18H,11-12,14-15H2,1H3,(H,23,27)(H,24,26)/b16-13+. The second kappa shape index (κ2) is 9.69. The number of sulfonamides is 1. The first-order chi connectivity index (χ1) is 14.4. The first-order valence-electron chi connectivity index (χ1n) is 9.76. The predicted molar refractivity (Wildman–Crippen MR) is 117 cm³/mol. The van der Waals surface area contributed by atoms with E-state index in [-0.39, 0.29) is 30.8 Å². The van der Waals surface area contributed by atoms with E-state index >= 15 is 0 Å². The molecule has 1 aliphatic heterocycles. The Kier molecular flexibility index (Phi) is 7.02. The SMILES string of the molecule is CNC(=O)c1ccccc1NC(=O)C1CCN(S(=O)(=O)/C=C/c2ccccc2)CC1. The minimum atomic E-state index is -3.54. The summed E-state index contributed by atoms with van der Waals surface area (Å²) in [5, 5.41) is 6.58. The summed E-state index contributed by atoms with van der Waals surface area (Å²) in [6, 6.07) is 16.0. The average Bonchev–Trinajstić information content (AvgIpc) is 2.78. The van der Waals surface area contributed by atoms with Crippen molar-refractivity contribution in [3.63, 3.8) is 0 Å². The van der Waals surface area contributed by atoms with Crippen molar-refractivity contribution in [1.29, 1.82) is 0 Å². The lowest BCUT2D eigenvalue weighted by molar-refractivity contribution is -0.120. The molecule has 30 heavy (non-hydrogen) atoms. The minimum absolute atomic E-state index is 0.205. The quantitative estimate of drug-likeness (QED) is 0.741. The van der Waals surface area contributed by atoms with E-state index in [1.165, 1.54) is 16.8 Å². The number of hydrogen-bond acceptors (Lipinski definition) is 4. The third-order valence-electron chi connectivity index (χ3n) is 5.07. The second-order valence-corrected chi connectivity index (χ2v) is 8.86. The summed E-state index contributed by atoms with van der Waals surface area (Å²) in [5.41, 5.74) is 1.65. The van der Waals surface area contributed by atoms with Crippen LogP contribution >= 0.6 is 0 Å². The largest absolute Gasteiger partial charge is 0.355 e. The van der Waals surface area contributed by atoms with Gasteiger partial charge in [-0.25, -0.2) is 8.42 Å². The molecule has 2 amide bonds. The minimum Gasteiger partial charge on any atom is -0.355 e. The Morgan fingerprint density at radius 3 is 2.30 bits per heavy atom. The van der Waals surface area contributed by atoms with E-state index in [2.05, 4.69) is 10.6 Å². The number of amides is 2. The molecule has 3 rings (SSSR count). The second-order valence-electron chi connectivity index (χ2n) is 7.05. The van der Waals surface area contributed by atoms with Gasteiger partial charge >= 0.3 is 0 Å². The van der Waals surface area contributed by atoms with Gasteiger partial charge in [0.1, 0.15) is 0 Å². The van der Waals surface area contributed by atoms with Crippen LogP contribution in [-0.4, -0.2) is 44.7 Å². The zero-order valence-corrected chi connectivity index (χ0v) is 17.6. The van der Waals surface area contributed by atoms with E-state index in [0.29, 0.717) is 24.1 Å². The maximum absolute atomic E-state index is 12.7. The highest BCUT2D eigenvalue weighted by atomic mass is 32.2. The van der Waals surface area contributed by atoms with Crippen LogP contribution in [0.5, 0.6) is 0 Å². The van der Waals surface area contributed by atoms with Crippen molar-refractivity contribution in [2.75, 3.05) is 25.5 Å². The Labute approximate surface area is 176 Å². The molecule has 1 fully saturated rings. The molecule has 0 bridgehead atoms. The average molecular weight is 428 g/mol. The van der Waals surface area contributed by atoms with Gasteiger partial charge in [0.2, 0.25) is 15.9 Å². The number of nitrogens with one attached hydrogen (secondary N) is 2. The lowest BCUT2D eigenvalue weighted by atomic mass is 9.97. The molecule has 158 valence electrons. The highest BCUT2D eigenvalue weighted by Gasteiger charge is 2.30. The Balaban J connectivity index is 1.60. The molecule has 0 spiro atoms. The van der Waals surface area contributed by atoms with Crippen molar-refractivity contribution in [3.8, 4) is 0 Å². The number of carbonyl (C=O) groups is 2. The number of rotatable bonds is 6. The van der Waals surface area contributed by atoms with Crippen molar-refractivity contribution >= 4 is 33.6 Å². The van der Waals surface area contributed by atoms with Crippen LogP contribution in [0.25, 0.3) is 6.08 Å². The number of carbonyl (C=O) groups excluding carboxylic acids is 2. The maximum atomic E-state index is 12.7. The van der Waals surface area contributed by atoms with Crippen LogP contribution < -0.4 is 10.6 Å². The third-order valence-corrected chi connectivity index (χ3v) is 6.64. The number of hydrogen-bond donors (Lipinski definition) is 2. The lowest BCUT2D eigenvalue weighted by Gasteiger charge is -2.29. The number of benzene rings is 2. The van der Waals surface area contributed by atoms with E-state index in [4.69, 9.17) is 0 Å². The molecule has 2 aromatic carbocycles. The third kappa shape index (κ3) is 5.34. The number of para-hydroxylation sites is 1. The van der Waals surface area contributed by atoms with Crippen LogP contribution in [0.15, 0.2) is 60.0 Å². The molecule has 0 radical (unpaired) electrons. The highest BCUT2D eigenvalue weighted by Crippen LogP contribution is 2.23. The predicted octanol–water partition coefficient (Wildman–Crippen LogP) is 2.70. The summed E-state index contributed by atoms with van der Waals surface area (Å²) in [6.07, 6.45) is 2.42. The van der Waals surface area contributed by atoms with Crippen LogP contribution in [-0.2, 0) is 14.8 Å². The number of anilines is 1. The maximum Gasteiger partial charge on any atom is 0.253 e. The molecule has 0 aliphatic carbocycles. The summed E-state index contributed by atoms with van der Waals surface area (Å²) in [4.78, 5) is 24.6. The Bertz CT molecular complexity index is 1030. The molecular formula is C22H25N3O4S. The smallest absolute Gasteiger partial charge is 0.253 e. The molecule has 2 N–H and O–H groups in total. The van der Waals surface area contributed by atoms with E-state index in [9.17, 15) is 18.0 Å².